The molecular weight excluding hydrogens is 603 g/mol. The molecule has 0 aliphatic heterocycles. The van der Waals surface area contributed by atoms with Gasteiger partial charge in [-0.15, -0.1) is 0 Å². The van der Waals surface area contributed by atoms with E-state index in [9.17, 15) is 0 Å². The average Bonchev–Trinajstić information content (AvgIpc) is 3.68. The van der Waals surface area contributed by atoms with Crippen molar-refractivity contribution in [3.05, 3.63) is 145 Å². The summed E-state index contributed by atoms with van der Waals surface area (Å²) < 4.78 is 4.52. The molecule has 3 heterocycles. The highest BCUT2D eigenvalue weighted by atomic mass is 15.2. The van der Waals surface area contributed by atoms with Gasteiger partial charge in [0.2, 0.25) is 5.95 Å². The van der Waals surface area contributed by atoms with Crippen LogP contribution in [-0.4, -0.2) is 44.1 Å². The molecule has 0 fully saturated rings. The van der Waals surface area contributed by atoms with Crippen LogP contribution in [0.1, 0.15) is 5.56 Å². The van der Waals surface area contributed by atoms with Crippen LogP contribution in [0.5, 0.6) is 0 Å². The number of hydrogen-bond donors (Lipinski definition) is 0. The number of rotatable bonds is 6. The van der Waals surface area contributed by atoms with Crippen LogP contribution in [0, 0.1) is 0 Å². The molecule has 0 radical (unpaired) electrons. The second kappa shape index (κ2) is 11.5. The molecule has 0 spiro atoms. The summed E-state index contributed by atoms with van der Waals surface area (Å²) in [5, 5.41) is 4.39. The predicted octanol–water partition coefficient (Wildman–Crippen LogP) is 9.78. The van der Waals surface area contributed by atoms with Gasteiger partial charge >= 0.3 is 0 Å². The number of para-hydroxylation sites is 2. The summed E-state index contributed by atoms with van der Waals surface area (Å²) in [7, 11) is 1.77. The van der Waals surface area contributed by atoms with Crippen molar-refractivity contribution in [2.45, 2.75) is 0 Å². The van der Waals surface area contributed by atoms with Crippen LogP contribution in [0.25, 0.3) is 78.0 Å². The minimum atomic E-state index is 0.511. The Morgan fingerprint density at radius 3 is 1.76 bits per heavy atom. The second-order valence-electron chi connectivity index (χ2n) is 11.9. The molecule has 0 atom stereocenters. The Morgan fingerprint density at radius 2 is 1.12 bits per heavy atom. The molecule has 0 saturated heterocycles. The number of benzene rings is 6. The summed E-state index contributed by atoms with van der Waals surface area (Å²) >= 11 is 0. The maximum Gasteiger partial charge on any atom is 0.238 e. The number of aromatic nitrogens is 5. The number of aliphatic imine (C=N–C) groups is 2. The topological polar surface area (TPSA) is 73.2 Å². The largest absolute Gasteiger partial charge is 0.307 e. The van der Waals surface area contributed by atoms with Crippen LogP contribution in [0.2, 0.25) is 0 Å². The molecule has 0 aliphatic rings. The van der Waals surface area contributed by atoms with Crippen molar-refractivity contribution < 1.29 is 0 Å². The SMILES string of the molecule is C=Nc1cc2c(cc1C=NC)c1ccc3c4ccccc4n(-c4ccccc4)c3c1n2-c1nc(-c2ccccc2)nc(-c2ccccc2)n1. The Labute approximate surface area is 282 Å². The number of nitrogens with zero attached hydrogens (tertiary/aromatic N) is 7. The monoisotopic (exact) mass is 631 g/mol. The lowest BCUT2D eigenvalue weighted by Crippen LogP contribution is -2.07. The van der Waals surface area contributed by atoms with Gasteiger partial charge in [0, 0.05) is 57.2 Å². The molecule has 3 aromatic heterocycles. The van der Waals surface area contributed by atoms with Crippen LogP contribution in [0.4, 0.5) is 5.69 Å². The zero-order valence-corrected chi connectivity index (χ0v) is 26.7. The number of hydrogen-bond acceptors (Lipinski definition) is 5. The third-order valence-electron chi connectivity index (χ3n) is 9.05. The van der Waals surface area contributed by atoms with Gasteiger partial charge in [-0.2, -0.15) is 9.97 Å². The molecule has 0 N–H and O–H groups in total. The van der Waals surface area contributed by atoms with E-state index < -0.39 is 0 Å². The third kappa shape index (κ3) is 4.55. The molecule has 0 amide bonds. The molecule has 9 rings (SSSR count). The fourth-order valence-corrected chi connectivity index (χ4v) is 6.93. The highest BCUT2D eigenvalue weighted by Gasteiger charge is 2.24. The molecule has 0 saturated carbocycles. The minimum absolute atomic E-state index is 0.511. The van der Waals surface area contributed by atoms with Gasteiger partial charge in [0.15, 0.2) is 11.6 Å². The molecule has 7 nitrogen and oxygen atoms in total. The summed E-state index contributed by atoms with van der Waals surface area (Å²) in [6.07, 6.45) is 1.83. The highest BCUT2D eigenvalue weighted by molar-refractivity contribution is 6.24. The molecule has 0 bridgehead atoms. The zero-order chi connectivity index (χ0) is 32.9. The van der Waals surface area contributed by atoms with E-state index in [-0.39, 0.29) is 0 Å². The zero-order valence-electron chi connectivity index (χ0n) is 26.7. The summed E-state index contributed by atoms with van der Waals surface area (Å²) in [5.41, 5.74) is 8.56. The smallest absolute Gasteiger partial charge is 0.238 e. The molecule has 9 aromatic rings. The van der Waals surface area contributed by atoms with Crippen molar-refractivity contribution in [2.75, 3.05) is 7.05 Å². The van der Waals surface area contributed by atoms with Gasteiger partial charge in [-0.1, -0.05) is 109 Å². The van der Waals surface area contributed by atoms with Gasteiger partial charge in [-0.05, 0) is 37.0 Å². The Kier molecular flexibility index (Phi) is 6.69. The molecule has 0 aliphatic carbocycles. The van der Waals surface area contributed by atoms with Crippen molar-refractivity contribution in [3.63, 3.8) is 0 Å². The minimum Gasteiger partial charge on any atom is -0.307 e. The average molecular weight is 632 g/mol. The lowest BCUT2D eigenvalue weighted by atomic mass is 10.1. The Balaban J connectivity index is 1.51. The quantitative estimate of drug-likeness (QED) is 0.172. The van der Waals surface area contributed by atoms with Crippen molar-refractivity contribution in [1.29, 1.82) is 0 Å². The molecule has 6 aromatic carbocycles. The van der Waals surface area contributed by atoms with E-state index >= 15 is 0 Å². The first-order chi connectivity index (χ1) is 24.2. The predicted molar refractivity (Wildman–Crippen MR) is 202 cm³/mol. The van der Waals surface area contributed by atoms with Gasteiger partial charge in [0.1, 0.15) is 0 Å². The van der Waals surface area contributed by atoms with E-state index in [2.05, 4.69) is 98.6 Å². The van der Waals surface area contributed by atoms with Crippen LogP contribution in [-0.2, 0) is 0 Å². The van der Waals surface area contributed by atoms with Crippen LogP contribution < -0.4 is 0 Å². The highest BCUT2D eigenvalue weighted by Crippen LogP contribution is 2.42. The Bertz CT molecular complexity index is 2670. The van der Waals surface area contributed by atoms with Crippen molar-refractivity contribution in [1.82, 2.24) is 24.1 Å². The van der Waals surface area contributed by atoms with E-state index in [0.29, 0.717) is 17.6 Å². The maximum absolute atomic E-state index is 5.21. The molecule has 232 valence electrons. The molecule has 0 unspecified atom stereocenters. The summed E-state index contributed by atoms with van der Waals surface area (Å²) in [5.74, 6) is 1.69. The van der Waals surface area contributed by atoms with E-state index in [1.807, 2.05) is 72.9 Å². The summed E-state index contributed by atoms with van der Waals surface area (Å²) in [6, 6.07) is 47.8. The maximum atomic E-state index is 5.21. The fraction of sp³-hybridized carbons (Fsp3) is 0.0238. The third-order valence-corrected chi connectivity index (χ3v) is 9.05. The summed E-state index contributed by atoms with van der Waals surface area (Å²) in [4.78, 5) is 24.2. The fourth-order valence-electron chi connectivity index (χ4n) is 6.93. The molecule has 7 heteroatoms. The first-order valence-electron chi connectivity index (χ1n) is 16.1. The van der Waals surface area contributed by atoms with E-state index in [0.717, 1.165) is 71.7 Å². The van der Waals surface area contributed by atoms with Gasteiger partial charge in [-0.25, -0.2) is 4.98 Å². The van der Waals surface area contributed by atoms with Gasteiger partial charge in [-0.3, -0.25) is 14.6 Å². The molecule has 49 heavy (non-hydrogen) atoms. The molecular formula is C42H29N7. The van der Waals surface area contributed by atoms with E-state index in [4.69, 9.17) is 15.0 Å². The van der Waals surface area contributed by atoms with Gasteiger partial charge in [0.05, 0.1) is 27.8 Å². The second-order valence-corrected chi connectivity index (χ2v) is 11.9. The number of fused-ring (bicyclic) bond motifs is 7. The first kappa shape index (κ1) is 28.5. The van der Waals surface area contributed by atoms with Gasteiger partial charge in [0.25, 0.3) is 0 Å². The standard InChI is InChI=1S/C42H29N7/c1-43-26-29-24-34-33-23-22-32-31-20-12-13-21-36(31)48(30-18-10-5-11-19-30)38(32)39(33)49(37(34)25-35(29)44-2)42-46-40(27-14-6-3-7-15-27)45-41(47-42)28-16-8-4-9-17-28/h3-26H,2H2,1H3. The Hall–Kier alpha value is -6.73. The lowest BCUT2D eigenvalue weighted by molar-refractivity contribution is 0.953. The van der Waals surface area contributed by atoms with Gasteiger partial charge < -0.3 is 4.57 Å². The normalized spacial score (nSPS) is 11.8. The lowest BCUT2D eigenvalue weighted by Gasteiger charge is -2.13. The van der Waals surface area contributed by atoms with E-state index in [1.54, 1.807) is 7.05 Å². The van der Waals surface area contributed by atoms with E-state index in [1.165, 1.54) is 0 Å². The van der Waals surface area contributed by atoms with Crippen LogP contribution in [0.3, 0.4) is 0 Å². The van der Waals surface area contributed by atoms with Crippen molar-refractivity contribution >= 4 is 62.2 Å². The van der Waals surface area contributed by atoms with Crippen molar-refractivity contribution in [2.24, 2.45) is 9.98 Å². The van der Waals surface area contributed by atoms with Crippen LogP contribution in [0.15, 0.2) is 150 Å². The van der Waals surface area contributed by atoms with Crippen molar-refractivity contribution in [3.8, 4) is 34.4 Å². The summed E-state index contributed by atoms with van der Waals surface area (Å²) in [6.45, 7) is 3.91. The first-order valence-corrected chi connectivity index (χ1v) is 16.1. The Morgan fingerprint density at radius 1 is 0.551 bits per heavy atom. The van der Waals surface area contributed by atoms with Crippen LogP contribution >= 0.6 is 0 Å².